The molecule has 0 saturated carbocycles. The summed E-state index contributed by atoms with van der Waals surface area (Å²) in [6, 6.07) is 16.8. The maximum Gasteiger partial charge on any atom is 0.121 e. The first-order valence-corrected chi connectivity index (χ1v) is 8.49. The fourth-order valence-electron chi connectivity index (χ4n) is 1.91. The molecule has 0 atom stereocenters. The van der Waals surface area contributed by atoms with Crippen molar-refractivity contribution in [2.45, 2.75) is 25.3 Å². The molecule has 2 aromatic rings. The summed E-state index contributed by atoms with van der Waals surface area (Å²) < 4.78 is 5.75. The SMILES string of the molecule is CSc1ccc(CNc2cccc(OCC(C)C)c2)cc1. The summed E-state index contributed by atoms with van der Waals surface area (Å²) in [5, 5.41) is 3.44. The van der Waals surface area contributed by atoms with Crippen LogP contribution in [0.15, 0.2) is 53.4 Å². The van der Waals surface area contributed by atoms with Crippen LogP contribution >= 0.6 is 11.8 Å². The summed E-state index contributed by atoms with van der Waals surface area (Å²) in [5.41, 5.74) is 2.37. The Kier molecular flexibility index (Phi) is 6.00. The molecule has 2 nitrogen and oxygen atoms in total. The third kappa shape index (κ3) is 5.35. The van der Waals surface area contributed by atoms with Gasteiger partial charge in [-0.25, -0.2) is 0 Å². The maximum atomic E-state index is 5.75. The summed E-state index contributed by atoms with van der Waals surface area (Å²) in [7, 11) is 0. The first-order valence-electron chi connectivity index (χ1n) is 7.27. The highest BCUT2D eigenvalue weighted by molar-refractivity contribution is 7.98. The lowest BCUT2D eigenvalue weighted by molar-refractivity contribution is 0.271. The molecule has 2 aromatic carbocycles. The standard InChI is InChI=1S/C18H23NOS/c1-14(2)13-20-17-6-4-5-16(11-17)19-12-15-7-9-18(21-3)10-8-15/h4-11,14,19H,12-13H2,1-3H3. The fourth-order valence-corrected chi connectivity index (χ4v) is 2.31. The molecular weight excluding hydrogens is 278 g/mol. The molecule has 0 aliphatic heterocycles. The van der Waals surface area contributed by atoms with Gasteiger partial charge in [0.05, 0.1) is 6.61 Å². The molecular formula is C18H23NOS. The van der Waals surface area contributed by atoms with Gasteiger partial charge in [0, 0.05) is 23.2 Å². The number of rotatable bonds is 7. The van der Waals surface area contributed by atoms with Gasteiger partial charge in [0.1, 0.15) is 5.75 Å². The van der Waals surface area contributed by atoms with Crippen molar-refractivity contribution in [2.75, 3.05) is 18.2 Å². The minimum Gasteiger partial charge on any atom is -0.493 e. The van der Waals surface area contributed by atoms with Crippen LogP contribution in [0.5, 0.6) is 5.75 Å². The van der Waals surface area contributed by atoms with E-state index in [-0.39, 0.29) is 0 Å². The number of anilines is 1. The van der Waals surface area contributed by atoms with E-state index in [1.807, 2.05) is 12.1 Å². The third-order valence-corrected chi connectivity index (χ3v) is 3.82. The van der Waals surface area contributed by atoms with Gasteiger partial charge in [0.25, 0.3) is 0 Å². The Hall–Kier alpha value is -1.61. The van der Waals surface area contributed by atoms with E-state index in [9.17, 15) is 0 Å². The van der Waals surface area contributed by atoms with Crippen molar-refractivity contribution in [3.63, 3.8) is 0 Å². The number of hydrogen-bond acceptors (Lipinski definition) is 3. The van der Waals surface area contributed by atoms with Crippen LogP contribution in [0.4, 0.5) is 5.69 Å². The highest BCUT2D eigenvalue weighted by Crippen LogP contribution is 2.19. The predicted octanol–water partition coefficient (Wildman–Crippen LogP) is 5.06. The Morgan fingerprint density at radius 2 is 1.86 bits per heavy atom. The van der Waals surface area contributed by atoms with Crippen molar-refractivity contribution in [3.05, 3.63) is 54.1 Å². The summed E-state index contributed by atoms with van der Waals surface area (Å²) in [6.45, 7) is 5.88. The molecule has 0 saturated heterocycles. The Labute approximate surface area is 131 Å². The maximum absolute atomic E-state index is 5.75. The van der Waals surface area contributed by atoms with Gasteiger partial charge in [-0.3, -0.25) is 0 Å². The Morgan fingerprint density at radius 3 is 2.52 bits per heavy atom. The smallest absolute Gasteiger partial charge is 0.121 e. The van der Waals surface area contributed by atoms with Gasteiger partial charge in [0.15, 0.2) is 0 Å². The Morgan fingerprint density at radius 1 is 1.10 bits per heavy atom. The Bertz CT molecular complexity index is 551. The van der Waals surface area contributed by atoms with Crippen LogP contribution in [0.2, 0.25) is 0 Å². The second-order valence-corrected chi connectivity index (χ2v) is 6.31. The van der Waals surface area contributed by atoms with Crippen molar-refractivity contribution in [2.24, 2.45) is 5.92 Å². The zero-order valence-corrected chi connectivity index (χ0v) is 13.7. The van der Waals surface area contributed by atoms with Crippen LogP contribution in [0, 0.1) is 5.92 Å². The van der Waals surface area contributed by atoms with Crippen LogP contribution in [0.25, 0.3) is 0 Å². The lowest BCUT2D eigenvalue weighted by Gasteiger charge is -2.11. The number of hydrogen-bond donors (Lipinski definition) is 1. The van der Waals surface area contributed by atoms with Crippen molar-refractivity contribution in [3.8, 4) is 5.75 Å². The lowest BCUT2D eigenvalue weighted by atomic mass is 10.2. The van der Waals surface area contributed by atoms with Gasteiger partial charge in [-0.05, 0) is 42.0 Å². The largest absolute Gasteiger partial charge is 0.493 e. The minimum atomic E-state index is 0.538. The van der Waals surface area contributed by atoms with Crippen molar-refractivity contribution < 1.29 is 4.74 Å². The molecule has 21 heavy (non-hydrogen) atoms. The molecule has 0 aliphatic carbocycles. The second-order valence-electron chi connectivity index (χ2n) is 5.43. The van der Waals surface area contributed by atoms with E-state index < -0.39 is 0 Å². The molecule has 0 unspecified atom stereocenters. The van der Waals surface area contributed by atoms with E-state index >= 15 is 0 Å². The van der Waals surface area contributed by atoms with Gasteiger partial charge < -0.3 is 10.1 Å². The molecule has 1 N–H and O–H groups in total. The third-order valence-electron chi connectivity index (χ3n) is 3.07. The lowest BCUT2D eigenvalue weighted by Crippen LogP contribution is -2.05. The van der Waals surface area contributed by atoms with E-state index in [1.54, 1.807) is 11.8 Å². The highest BCUT2D eigenvalue weighted by atomic mass is 32.2. The quantitative estimate of drug-likeness (QED) is 0.723. The van der Waals surface area contributed by atoms with E-state index in [0.29, 0.717) is 5.92 Å². The van der Waals surface area contributed by atoms with Gasteiger partial charge in [0.2, 0.25) is 0 Å². The molecule has 0 bridgehead atoms. The number of nitrogens with one attached hydrogen (secondary N) is 1. The van der Waals surface area contributed by atoms with Crippen LogP contribution in [-0.4, -0.2) is 12.9 Å². The van der Waals surface area contributed by atoms with Crippen LogP contribution in [-0.2, 0) is 6.54 Å². The molecule has 0 spiro atoms. The molecule has 0 amide bonds. The molecule has 3 heteroatoms. The highest BCUT2D eigenvalue weighted by Gasteiger charge is 2.00. The molecule has 0 heterocycles. The van der Waals surface area contributed by atoms with E-state index in [0.717, 1.165) is 24.6 Å². The second kappa shape index (κ2) is 7.99. The zero-order valence-electron chi connectivity index (χ0n) is 12.9. The van der Waals surface area contributed by atoms with Gasteiger partial charge in [-0.15, -0.1) is 11.8 Å². The minimum absolute atomic E-state index is 0.538. The average molecular weight is 301 g/mol. The predicted molar refractivity (Wildman–Crippen MR) is 92.3 cm³/mol. The summed E-state index contributed by atoms with van der Waals surface area (Å²) in [5.74, 6) is 1.46. The van der Waals surface area contributed by atoms with Crippen LogP contribution in [0.1, 0.15) is 19.4 Å². The van der Waals surface area contributed by atoms with Gasteiger partial charge in [-0.1, -0.05) is 32.0 Å². The zero-order chi connectivity index (χ0) is 15.1. The summed E-state index contributed by atoms with van der Waals surface area (Å²) >= 11 is 1.76. The van der Waals surface area contributed by atoms with Crippen LogP contribution < -0.4 is 10.1 Å². The van der Waals surface area contributed by atoms with Crippen LogP contribution in [0.3, 0.4) is 0 Å². The van der Waals surface area contributed by atoms with Crippen molar-refractivity contribution in [1.82, 2.24) is 0 Å². The first kappa shape index (κ1) is 15.8. The molecule has 0 radical (unpaired) electrons. The number of ether oxygens (including phenoxy) is 1. The number of benzene rings is 2. The summed E-state index contributed by atoms with van der Waals surface area (Å²) in [6.07, 6.45) is 2.09. The molecule has 0 aromatic heterocycles. The van der Waals surface area contributed by atoms with Gasteiger partial charge >= 0.3 is 0 Å². The average Bonchev–Trinajstić information content (AvgIpc) is 2.52. The molecule has 2 rings (SSSR count). The van der Waals surface area contributed by atoms with Crippen molar-refractivity contribution >= 4 is 17.4 Å². The molecule has 112 valence electrons. The number of thioether (sulfide) groups is 1. The summed E-state index contributed by atoms with van der Waals surface area (Å²) in [4.78, 5) is 1.29. The topological polar surface area (TPSA) is 21.3 Å². The normalized spacial score (nSPS) is 10.7. The van der Waals surface area contributed by atoms with Gasteiger partial charge in [-0.2, -0.15) is 0 Å². The first-order chi connectivity index (χ1) is 10.2. The van der Waals surface area contributed by atoms with E-state index in [4.69, 9.17) is 4.74 Å². The van der Waals surface area contributed by atoms with E-state index in [1.165, 1.54) is 10.5 Å². The molecule has 0 fully saturated rings. The van der Waals surface area contributed by atoms with Crippen molar-refractivity contribution in [1.29, 1.82) is 0 Å². The Balaban J connectivity index is 1.91. The monoisotopic (exact) mass is 301 g/mol. The van der Waals surface area contributed by atoms with E-state index in [2.05, 4.69) is 61.8 Å². The molecule has 0 aliphatic rings. The fraction of sp³-hybridized carbons (Fsp3) is 0.333.